The summed E-state index contributed by atoms with van der Waals surface area (Å²) in [6, 6.07) is 23.3. The summed E-state index contributed by atoms with van der Waals surface area (Å²) in [5.41, 5.74) is 4.24. The van der Waals surface area contributed by atoms with Crippen LogP contribution in [0.4, 0.5) is 27.7 Å². The van der Waals surface area contributed by atoms with Gasteiger partial charge in [-0.15, -0.1) is 0 Å². The highest BCUT2D eigenvalue weighted by Crippen LogP contribution is 2.32. The number of carbonyl (C=O) groups excluding carboxylic acids is 2. The highest BCUT2D eigenvalue weighted by atomic mass is 16.5. The third-order valence-electron chi connectivity index (χ3n) is 6.95. The number of morpholine rings is 1. The van der Waals surface area contributed by atoms with E-state index in [0.717, 1.165) is 40.9 Å². The number of hydrogen-bond acceptors (Lipinski definition) is 8. The van der Waals surface area contributed by atoms with Crippen LogP contribution in [-0.2, 0) is 16.1 Å². The summed E-state index contributed by atoms with van der Waals surface area (Å²) in [5.74, 6) is 2.36. The second-order valence-electron chi connectivity index (χ2n) is 10.0. The van der Waals surface area contributed by atoms with E-state index in [2.05, 4.69) is 20.9 Å². The van der Waals surface area contributed by atoms with Crippen LogP contribution in [-0.4, -0.2) is 53.3 Å². The van der Waals surface area contributed by atoms with E-state index in [1.165, 1.54) is 6.92 Å². The van der Waals surface area contributed by atoms with Gasteiger partial charge in [0.2, 0.25) is 5.91 Å². The number of furan rings is 1. The number of amides is 3. The smallest absolute Gasteiger partial charge is 0.323 e. The molecule has 6 rings (SSSR count). The van der Waals surface area contributed by atoms with Crippen LogP contribution in [0.5, 0.6) is 0 Å². The second-order valence-corrected chi connectivity index (χ2v) is 10.0. The molecular weight excluding hydrogens is 548 g/mol. The molecule has 11 nitrogen and oxygen atoms in total. The molecule has 1 aliphatic heterocycles. The van der Waals surface area contributed by atoms with Crippen LogP contribution in [0, 0.1) is 0 Å². The lowest BCUT2D eigenvalue weighted by Crippen LogP contribution is -2.37. The monoisotopic (exact) mass is 578 g/mol. The molecule has 0 aliphatic carbocycles. The van der Waals surface area contributed by atoms with Crippen molar-refractivity contribution in [3.63, 3.8) is 0 Å². The summed E-state index contributed by atoms with van der Waals surface area (Å²) in [6.07, 6.45) is 0. The SMILES string of the molecule is CC(=O)Nc1ccc(NC(=O)Nc2ccc(-c3nc(N4CCOCC4)c4ccc(-c5ccc(CO)o5)cc4n3)cc2)cc1. The number of carbonyl (C=O) groups is 2. The van der Waals surface area contributed by atoms with Crippen molar-refractivity contribution in [2.45, 2.75) is 13.5 Å². The van der Waals surface area contributed by atoms with Crippen molar-refractivity contribution in [3.05, 3.63) is 84.6 Å². The van der Waals surface area contributed by atoms with Gasteiger partial charge in [-0.05, 0) is 72.8 Å². The second kappa shape index (κ2) is 12.3. The molecule has 0 atom stereocenters. The van der Waals surface area contributed by atoms with Crippen molar-refractivity contribution in [2.24, 2.45) is 0 Å². The van der Waals surface area contributed by atoms with Crippen molar-refractivity contribution < 1.29 is 23.8 Å². The minimum absolute atomic E-state index is 0.163. The summed E-state index contributed by atoms with van der Waals surface area (Å²) in [4.78, 5) is 35.9. The molecule has 3 amide bonds. The lowest BCUT2D eigenvalue weighted by atomic mass is 10.1. The Kier molecular flexibility index (Phi) is 7.98. The number of ether oxygens (including phenoxy) is 1. The molecule has 2 aromatic heterocycles. The first-order valence-corrected chi connectivity index (χ1v) is 13.9. The van der Waals surface area contributed by atoms with Crippen molar-refractivity contribution in [2.75, 3.05) is 47.2 Å². The maximum Gasteiger partial charge on any atom is 0.323 e. The normalized spacial score (nSPS) is 13.1. The fourth-order valence-corrected chi connectivity index (χ4v) is 4.87. The molecule has 11 heteroatoms. The van der Waals surface area contributed by atoms with Gasteiger partial charge in [-0.2, -0.15) is 0 Å². The van der Waals surface area contributed by atoms with Crippen LogP contribution >= 0.6 is 0 Å². The number of aromatic nitrogens is 2. The average molecular weight is 579 g/mol. The molecule has 0 spiro atoms. The predicted molar refractivity (Wildman–Crippen MR) is 165 cm³/mol. The molecule has 4 N–H and O–H groups in total. The molecule has 1 aliphatic rings. The first-order valence-electron chi connectivity index (χ1n) is 13.9. The number of hydrogen-bond donors (Lipinski definition) is 4. The summed E-state index contributed by atoms with van der Waals surface area (Å²) in [6.45, 7) is 3.96. The van der Waals surface area contributed by atoms with Crippen LogP contribution in [0.2, 0.25) is 0 Å². The lowest BCUT2D eigenvalue weighted by Gasteiger charge is -2.29. The van der Waals surface area contributed by atoms with Crippen LogP contribution in [0.3, 0.4) is 0 Å². The molecule has 3 aromatic carbocycles. The minimum atomic E-state index is -0.397. The number of anilines is 4. The fourth-order valence-electron chi connectivity index (χ4n) is 4.87. The number of aliphatic hydroxyl groups is 1. The Morgan fingerprint density at radius 3 is 2.07 bits per heavy atom. The molecule has 5 aromatic rings. The zero-order chi connectivity index (χ0) is 29.8. The summed E-state index contributed by atoms with van der Waals surface area (Å²) >= 11 is 0. The Labute approximate surface area is 247 Å². The van der Waals surface area contributed by atoms with Gasteiger partial charge < -0.3 is 35.1 Å². The van der Waals surface area contributed by atoms with E-state index < -0.39 is 6.03 Å². The summed E-state index contributed by atoms with van der Waals surface area (Å²) < 4.78 is 11.3. The van der Waals surface area contributed by atoms with Gasteiger partial charge in [0.25, 0.3) is 0 Å². The number of fused-ring (bicyclic) bond motifs is 1. The number of urea groups is 1. The van der Waals surface area contributed by atoms with Gasteiger partial charge in [-0.3, -0.25) is 4.79 Å². The van der Waals surface area contributed by atoms with Gasteiger partial charge in [0.15, 0.2) is 5.82 Å². The number of nitrogens with zero attached hydrogens (tertiary/aromatic N) is 3. The number of nitrogens with one attached hydrogen (secondary N) is 3. The van der Waals surface area contributed by atoms with Gasteiger partial charge >= 0.3 is 6.03 Å². The van der Waals surface area contributed by atoms with Crippen LogP contribution < -0.4 is 20.9 Å². The van der Waals surface area contributed by atoms with Crippen molar-refractivity contribution in [1.82, 2.24) is 9.97 Å². The first-order chi connectivity index (χ1) is 20.9. The third-order valence-corrected chi connectivity index (χ3v) is 6.95. The van der Waals surface area contributed by atoms with E-state index in [1.54, 1.807) is 42.5 Å². The van der Waals surface area contributed by atoms with Gasteiger partial charge in [0, 0.05) is 53.6 Å². The molecule has 1 saturated heterocycles. The van der Waals surface area contributed by atoms with Crippen LogP contribution in [0.1, 0.15) is 12.7 Å². The standard InChI is InChI=1S/C32H30N6O5/c1-20(40)33-23-7-9-25(10-8-23)35-32(41)34-24-5-2-21(3-6-24)30-36-28-18-22(29-13-11-26(19-39)43-29)4-12-27(28)31(37-30)38-14-16-42-17-15-38/h2-13,18,39H,14-17,19H2,1H3,(H,33,40)(H2,34,35,41). The Hall–Kier alpha value is -5.26. The van der Waals surface area contributed by atoms with Crippen molar-refractivity contribution in [1.29, 1.82) is 0 Å². The fraction of sp³-hybridized carbons (Fsp3) is 0.188. The predicted octanol–water partition coefficient (Wildman–Crippen LogP) is 5.49. The molecule has 0 radical (unpaired) electrons. The molecule has 1 fully saturated rings. The van der Waals surface area contributed by atoms with E-state index in [-0.39, 0.29) is 12.5 Å². The lowest BCUT2D eigenvalue weighted by molar-refractivity contribution is -0.114. The van der Waals surface area contributed by atoms with E-state index in [1.807, 2.05) is 36.4 Å². The molecule has 3 heterocycles. The molecule has 218 valence electrons. The van der Waals surface area contributed by atoms with Crippen molar-refractivity contribution >= 4 is 45.7 Å². The minimum Gasteiger partial charge on any atom is -0.459 e. The van der Waals surface area contributed by atoms with E-state index >= 15 is 0 Å². The molecule has 0 bridgehead atoms. The molecule has 0 saturated carbocycles. The highest BCUT2D eigenvalue weighted by Gasteiger charge is 2.19. The zero-order valence-corrected chi connectivity index (χ0v) is 23.5. The van der Waals surface area contributed by atoms with Gasteiger partial charge in [-0.1, -0.05) is 6.07 Å². The average Bonchev–Trinajstić information content (AvgIpc) is 3.51. The maximum absolute atomic E-state index is 12.6. The number of benzene rings is 3. The molecule has 0 unspecified atom stereocenters. The van der Waals surface area contributed by atoms with E-state index in [9.17, 15) is 14.7 Å². The maximum atomic E-state index is 12.6. The zero-order valence-electron chi connectivity index (χ0n) is 23.5. The quantitative estimate of drug-likeness (QED) is 0.199. The van der Waals surface area contributed by atoms with Crippen LogP contribution in [0.15, 0.2) is 83.3 Å². The third kappa shape index (κ3) is 6.48. The number of aliphatic hydroxyl groups excluding tert-OH is 1. The topological polar surface area (TPSA) is 142 Å². The summed E-state index contributed by atoms with van der Waals surface area (Å²) in [7, 11) is 0. The molecular formula is C32H30N6O5. The largest absolute Gasteiger partial charge is 0.459 e. The highest BCUT2D eigenvalue weighted by molar-refractivity contribution is 6.00. The van der Waals surface area contributed by atoms with E-state index in [0.29, 0.717) is 47.6 Å². The van der Waals surface area contributed by atoms with Gasteiger partial charge in [-0.25, -0.2) is 14.8 Å². The van der Waals surface area contributed by atoms with E-state index in [4.69, 9.17) is 19.1 Å². The Morgan fingerprint density at radius 1 is 0.814 bits per heavy atom. The Balaban J connectivity index is 1.24. The van der Waals surface area contributed by atoms with Crippen LogP contribution in [0.25, 0.3) is 33.6 Å². The van der Waals surface area contributed by atoms with Crippen molar-refractivity contribution in [3.8, 4) is 22.7 Å². The first kappa shape index (κ1) is 27.9. The Morgan fingerprint density at radius 2 is 1.44 bits per heavy atom. The van der Waals surface area contributed by atoms with Gasteiger partial charge in [0.05, 0.1) is 18.7 Å². The molecule has 43 heavy (non-hydrogen) atoms. The Bertz CT molecular complexity index is 1760. The number of rotatable bonds is 7. The summed E-state index contributed by atoms with van der Waals surface area (Å²) in [5, 5.41) is 18.6. The van der Waals surface area contributed by atoms with Gasteiger partial charge in [0.1, 0.15) is 23.9 Å².